The summed E-state index contributed by atoms with van der Waals surface area (Å²) in [4.78, 5) is 0. The van der Waals surface area contributed by atoms with Crippen molar-refractivity contribution in [2.75, 3.05) is 7.11 Å². The van der Waals surface area contributed by atoms with Crippen molar-refractivity contribution in [1.29, 1.82) is 0 Å². The van der Waals surface area contributed by atoms with Crippen LogP contribution in [0.4, 0.5) is 13.2 Å². The molecule has 1 aliphatic rings. The van der Waals surface area contributed by atoms with Crippen LogP contribution in [0.2, 0.25) is 0 Å². The van der Waals surface area contributed by atoms with Gasteiger partial charge in [0.15, 0.2) is 6.10 Å². The first kappa shape index (κ1) is 22.7. The molecule has 1 fully saturated rings. The lowest BCUT2D eigenvalue weighted by Gasteiger charge is -2.32. The molecule has 1 atom stereocenters. The molecular weight excluding hydrogens is 396 g/mol. The fraction of sp³-hybridized carbons (Fsp3) is 0.455. The highest BCUT2D eigenvalue weighted by Gasteiger charge is 2.53. The SMILES string of the molecule is COC(c1ccc(OCc2ccccc2)cc1B1OC(C)(C)C(C)(C)O1)C(F)(F)F. The van der Waals surface area contributed by atoms with Gasteiger partial charge in [-0.1, -0.05) is 36.4 Å². The fourth-order valence-electron chi connectivity index (χ4n) is 3.23. The van der Waals surface area contributed by atoms with Gasteiger partial charge < -0.3 is 18.8 Å². The molecule has 4 nitrogen and oxygen atoms in total. The average molecular weight is 422 g/mol. The van der Waals surface area contributed by atoms with E-state index in [9.17, 15) is 13.2 Å². The van der Waals surface area contributed by atoms with Crippen LogP contribution in [0.25, 0.3) is 0 Å². The Kier molecular flexibility index (Phi) is 6.23. The quantitative estimate of drug-likeness (QED) is 0.626. The van der Waals surface area contributed by atoms with Crippen molar-refractivity contribution in [2.45, 2.75) is 57.8 Å². The molecule has 8 heteroatoms. The fourth-order valence-corrected chi connectivity index (χ4v) is 3.23. The maximum Gasteiger partial charge on any atom is 0.495 e. The van der Waals surface area contributed by atoms with Gasteiger partial charge in [-0.15, -0.1) is 0 Å². The van der Waals surface area contributed by atoms with Crippen molar-refractivity contribution < 1.29 is 32.0 Å². The molecule has 0 amide bonds. The minimum atomic E-state index is -4.58. The number of rotatable bonds is 6. The van der Waals surface area contributed by atoms with Gasteiger partial charge in [0.05, 0.1) is 11.2 Å². The van der Waals surface area contributed by atoms with Gasteiger partial charge in [0.25, 0.3) is 0 Å². The predicted molar refractivity (Wildman–Crippen MR) is 109 cm³/mol. The molecule has 0 saturated carbocycles. The van der Waals surface area contributed by atoms with Crippen molar-refractivity contribution in [1.82, 2.24) is 0 Å². The Morgan fingerprint density at radius 2 is 1.57 bits per heavy atom. The summed E-state index contributed by atoms with van der Waals surface area (Å²) >= 11 is 0. The van der Waals surface area contributed by atoms with Gasteiger partial charge in [-0.3, -0.25) is 0 Å². The number of hydrogen-bond donors (Lipinski definition) is 0. The third kappa shape index (κ3) is 4.66. The highest BCUT2D eigenvalue weighted by Crippen LogP contribution is 2.39. The van der Waals surface area contributed by atoms with E-state index >= 15 is 0 Å². The Morgan fingerprint density at radius 1 is 0.967 bits per heavy atom. The topological polar surface area (TPSA) is 36.9 Å². The maximum atomic E-state index is 13.6. The third-order valence-corrected chi connectivity index (χ3v) is 5.63. The van der Waals surface area contributed by atoms with Gasteiger partial charge in [0.2, 0.25) is 0 Å². The lowest BCUT2D eigenvalue weighted by Crippen LogP contribution is -2.41. The molecule has 162 valence electrons. The number of ether oxygens (including phenoxy) is 2. The van der Waals surface area contributed by atoms with Gasteiger partial charge in [0, 0.05) is 7.11 Å². The first-order valence-corrected chi connectivity index (χ1v) is 9.70. The van der Waals surface area contributed by atoms with E-state index in [1.807, 2.05) is 58.0 Å². The number of benzene rings is 2. The molecule has 30 heavy (non-hydrogen) atoms. The van der Waals surface area contributed by atoms with Crippen molar-refractivity contribution in [2.24, 2.45) is 0 Å². The average Bonchev–Trinajstić information content (AvgIpc) is 2.88. The lowest BCUT2D eigenvalue weighted by molar-refractivity contribution is -0.215. The Bertz CT molecular complexity index is 852. The van der Waals surface area contributed by atoms with Crippen LogP contribution < -0.4 is 10.2 Å². The Hall–Kier alpha value is -2.03. The van der Waals surface area contributed by atoms with E-state index in [-0.39, 0.29) is 17.6 Å². The summed E-state index contributed by atoms with van der Waals surface area (Å²) in [6.07, 6.45) is -6.69. The largest absolute Gasteiger partial charge is 0.495 e. The van der Waals surface area contributed by atoms with Gasteiger partial charge in [-0.25, -0.2) is 0 Å². The van der Waals surface area contributed by atoms with Crippen LogP contribution in [0.3, 0.4) is 0 Å². The number of hydrogen-bond acceptors (Lipinski definition) is 4. The molecule has 0 radical (unpaired) electrons. The molecule has 0 bridgehead atoms. The number of alkyl halides is 3. The lowest BCUT2D eigenvalue weighted by atomic mass is 9.74. The summed E-state index contributed by atoms with van der Waals surface area (Å²) in [6, 6.07) is 13.9. The third-order valence-electron chi connectivity index (χ3n) is 5.63. The van der Waals surface area contributed by atoms with E-state index in [4.69, 9.17) is 18.8 Å². The molecule has 3 rings (SSSR count). The zero-order chi connectivity index (χ0) is 22.2. The molecule has 0 N–H and O–H groups in total. The summed E-state index contributed by atoms with van der Waals surface area (Å²) in [5.41, 5.74) is -0.268. The van der Waals surface area contributed by atoms with Crippen molar-refractivity contribution >= 4 is 12.6 Å². The second-order valence-electron chi connectivity index (χ2n) is 8.31. The van der Waals surface area contributed by atoms with E-state index in [0.717, 1.165) is 12.7 Å². The van der Waals surface area contributed by atoms with E-state index in [1.165, 1.54) is 18.2 Å². The smallest absolute Gasteiger partial charge is 0.489 e. The second kappa shape index (κ2) is 8.25. The summed E-state index contributed by atoms with van der Waals surface area (Å²) in [6.45, 7) is 7.68. The minimum Gasteiger partial charge on any atom is -0.489 e. The van der Waals surface area contributed by atoms with Crippen LogP contribution in [0.15, 0.2) is 48.5 Å². The van der Waals surface area contributed by atoms with Crippen molar-refractivity contribution in [3.8, 4) is 5.75 Å². The van der Waals surface area contributed by atoms with E-state index < -0.39 is 30.6 Å². The second-order valence-corrected chi connectivity index (χ2v) is 8.31. The van der Waals surface area contributed by atoms with Crippen LogP contribution in [-0.2, 0) is 20.7 Å². The van der Waals surface area contributed by atoms with Crippen molar-refractivity contribution in [3.63, 3.8) is 0 Å². The Morgan fingerprint density at radius 3 is 2.10 bits per heavy atom. The van der Waals surface area contributed by atoms with E-state index in [1.54, 1.807) is 0 Å². The Labute approximate surface area is 175 Å². The first-order valence-electron chi connectivity index (χ1n) is 9.70. The van der Waals surface area contributed by atoms with Gasteiger partial charge in [-0.05, 0) is 56.4 Å². The van der Waals surface area contributed by atoms with Crippen LogP contribution in [0.1, 0.15) is 44.9 Å². The molecular formula is C22H26BF3O4. The summed E-state index contributed by atoms with van der Waals surface area (Å²) in [7, 11) is 0.0525. The molecule has 0 aromatic heterocycles. The molecule has 2 aromatic carbocycles. The summed E-state index contributed by atoms with van der Waals surface area (Å²) in [5, 5.41) is 0. The standard InChI is InChI=1S/C22H26BF3O4/c1-20(2)21(3,4)30-23(29-20)18-13-16(28-14-15-9-7-6-8-10-15)11-12-17(18)19(27-5)22(24,25)26/h6-13,19H,14H2,1-5H3. The predicted octanol–water partition coefficient (Wildman–Crippen LogP) is 4.81. The molecule has 0 spiro atoms. The normalized spacial score (nSPS) is 19.0. The highest BCUT2D eigenvalue weighted by atomic mass is 19.4. The van der Waals surface area contributed by atoms with Gasteiger partial charge >= 0.3 is 13.3 Å². The van der Waals surface area contributed by atoms with Crippen LogP contribution >= 0.6 is 0 Å². The van der Waals surface area contributed by atoms with Crippen LogP contribution in [0.5, 0.6) is 5.75 Å². The van der Waals surface area contributed by atoms with Crippen LogP contribution in [0, 0.1) is 0 Å². The zero-order valence-corrected chi connectivity index (χ0v) is 17.7. The summed E-state index contributed by atoms with van der Waals surface area (Å²) in [5.74, 6) is 0.421. The Balaban J connectivity index is 1.97. The number of halogens is 3. The minimum absolute atomic E-state index is 0.0597. The maximum absolute atomic E-state index is 13.6. The molecule has 2 aromatic rings. The summed E-state index contributed by atoms with van der Waals surface area (Å²) < 4.78 is 63.5. The van der Waals surface area contributed by atoms with Crippen LogP contribution in [-0.4, -0.2) is 31.6 Å². The molecule has 1 saturated heterocycles. The van der Waals surface area contributed by atoms with Gasteiger partial charge in [-0.2, -0.15) is 13.2 Å². The highest BCUT2D eigenvalue weighted by molar-refractivity contribution is 6.62. The molecule has 1 aliphatic heterocycles. The number of methoxy groups -OCH3 is 1. The first-order chi connectivity index (χ1) is 13.9. The monoisotopic (exact) mass is 422 g/mol. The van der Waals surface area contributed by atoms with E-state index in [0.29, 0.717) is 5.75 Å². The molecule has 1 unspecified atom stereocenters. The zero-order valence-electron chi connectivity index (χ0n) is 17.7. The van der Waals surface area contributed by atoms with E-state index in [2.05, 4.69) is 0 Å². The molecule has 1 heterocycles. The van der Waals surface area contributed by atoms with Crippen molar-refractivity contribution in [3.05, 3.63) is 59.7 Å². The van der Waals surface area contributed by atoms with Gasteiger partial charge in [0.1, 0.15) is 12.4 Å². The molecule has 0 aliphatic carbocycles.